The van der Waals surface area contributed by atoms with Crippen LogP contribution >= 0.6 is 0 Å². The summed E-state index contributed by atoms with van der Waals surface area (Å²) in [7, 11) is -3.31. The van der Waals surface area contributed by atoms with Crippen LogP contribution < -0.4 is 0 Å². The number of nitrogens with zero attached hydrogens (tertiary/aromatic N) is 3. The molecule has 0 aliphatic carbocycles. The minimum atomic E-state index is -4.51. The molecule has 3 heterocycles. The van der Waals surface area contributed by atoms with Gasteiger partial charge in [0.2, 0.25) is 10.0 Å². The highest BCUT2D eigenvalue weighted by Crippen LogP contribution is 2.30. The lowest BCUT2D eigenvalue weighted by molar-refractivity contribution is -0.137. The van der Waals surface area contributed by atoms with Crippen molar-refractivity contribution < 1.29 is 26.4 Å². The molecule has 3 rings (SSSR count). The van der Waals surface area contributed by atoms with Gasteiger partial charge in [-0.05, 0) is 12.1 Å². The van der Waals surface area contributed by atoms with Gasteiger partial charge in [0.05, 0.1) is 11.8 Å². The molecule has 0 bridgehead atoms. The number of piperazine rings is 1. The van der Waals surface area contributed by atoms with Crippen LogP contribution in [0.25, 0.3) is 11.0 Å². The minimum Gasteiger partial charge on any atom is -0.335 e. The second-order valence-electron chi connectivity index (χ2n) is 5.80. The number of aromatic nitrogens is 2. The fourth-order valence-electron chi connectivity index (χ4n) is 2.68. The summed E-state index contributed by atoms with van der Waals surface area (Å²) in [6.45, 7) is 0.785. The SMILES string of the molecule is CS(=O)(=O)N1CCN(C(=O)c2cc3cc(C(F)(F)F)cnc3[nH]2)CC1. The van der Waals surface area contributed by atoms with Crippen LogP contribution in [0.3, 0.4) is 0 Å². The zero-order valence-corrected chi connectivity index (χ0v) is 14.0. The van der Waals surface area contributed by atoms with Crippen LogP contribution in [0.2, 0.25) is 0 Å². The molecule has 1 amide bonds. The molecule has 1 fully saturated rings. The number of carbonyl (C=O) groups is 1. The Balaban J connectivity index is 1.79. The maximum Gasteiger partial charge on any atom is 0.417 e. The van der Waals surface area contributed by atoms with E-state index >= 15 is 0 Å². The summed E-state index contributed by atoms with van der Waals surface area (Å²) in [5.41, 5.74) is -0.583. The predicted octanol–water partition coefficient (Wildman–Crippen LogP) is 1.30. The van der Waals surface area contributed by atoms with Crippen molar-refractivity contribution in [1.82, 2.24) is 19.2 Å². The van der Waals surface area contributed by atoms with E-state index in [4.69, 9.17) is 0 Å². The number of hydrogen-bond acceptors (Lipinski definition) is 4. The molecule has 0 spiro atoms. The number of pyridine rings is 1. The lowest BCUT2D eigenvalue weighted by Crippen LogP contribution is -2.50. The third-order valence-corrected chi connectivity index (χ3v) is 5.33. The van der Waals surface area contributed by atoms with Crippen LogP contribution in [0.4, 0.5) is 13.2 Å². The molecule has 0 aromatic carbocycles. The predicted molar refractivity (Wildman–Crippen MR) is 83.4 cm³/mol. The van der Waals surface area contributed by atoms with Gasteiger partial charge in [-0.25, -0.2) is 13.4 Å². The monoisotopic (exact) mass is 376 g/mol. The van der Waals surface area contributed by atoms with Crippen molar-refractivity contribution >= 4 is 27.0 Å². The van der Waals surface area contributed by atoms with Gasteiger partial charge >= 0.3 is 6.18 Å². The van der Waals surface area contributed by atoms with Gasteiger partial charge in [0, 0.05) is 37.8 Å². The Kier molecular flexibility index (Phi) is 4.23. The topological polar surface area (TPSA) is 86.4 Å². The molecule has 1 aliphatic heterocycles. The average Bonchev–Trinajstić information content (AvgIpc) is 2.95. The molecule has 0 radical (unpaired) electrons. The molecule has 25 heavy (non-hydrogen) atoms. The van der Waals surface area contributed by atoms with E-state index < -0.39 is 27.7 Å². The van der Waals surface area contributed by atoms with Gasteiger partial charge in [0.1, 0.15) is 11.3 Å². The zero-order valence-electron chi connectivity index (χ0n) is 13.2. The quantitative estimate of drug-likeness (QED) is 0.856. The second-order valence-corrected chi connectivity index (χ2v) is 7.78. The molecule has 136 valence electrons. The lowest BCUT2D eigenvalue weighted by atomic mass is 10.2. The first-order valence-corrected chi connectivity index (χ1v) is 9.21. The molecule has 1 N–H and O–H groups in total. The standard InChI is InChI=1S/C14H15F3N4O3S/c1-25(23,24)21-4-2-20(3-5-21)13(22)11-7-9-6-10(14(15,16)17)8-18-12(9)19-11/h6-8H,2-5H2,1H3,(H,18,19). The average molecular weight is 376 g/mol. The van der Waals surface area contributed by atoms with Gasteiger partial charge in [0.25, 0.3) is 5.91 Å². The highest BCUT2D eigenvalue weighted by atomic mass is 32.2. The van der Waals surface area contributed by atoms with Gasteiger partial charge in [-0.1, -0.05) is 0 Å². The third kappa shape index (κ3) is 3.61. The Hall–Kier alpha value is -2.14. The molecule has 2 aromatic heterocycles. The molecule has 0 saturated carbocycles. The van der Waals surface area contributed by atoms with Crippen molar-refractivity contribution in [3.05, 3.63) is 29.6 Å². The number of amides is 1. The summed E-state index contributed by atoms with van der Waals surface area (Å²) in [4.78, 5) is 20.4. The second kappa shape index (κ2) is 5.99. The Morgan fingerprint density at radius 1 is 1.20 bits per heavy atom. The number of fused-ring (bicyclic) bond motifs is 1. The number of halogens is 3. The molecular weight excluding hydrogens is 361 g/mol. The Morgan fingerprint density at radius 2 is 1.84 bits per heavy atom. The van der Waals surface area contributed by atoms with Crippen LogP contribution in [-0.2, 0) is 16.2 Å². The molecular formula is C14H15F3N4O3S. The molecule has 7 nitrogen and oxygen atoms in total. The number of rotatable bonds is 2. The van der Waals surface area contributed by atoms with Gasteiger partial charge in [-0.15, -0.1) is 0 Å². The summed E-state index contributed by atoms with van der Waals surface area (Å²) < 4.78 is 62.4. The fraction of sp³-hybridized carbons (Fsp3) is 0.429. The van der Waals surface area contributed by atoms with Gasteiger partial charge in [0.15, 0.2) is 0 Å². The summed E-state index contributed by atoms with van der Waals surface area (Å²) in [5.74, 6) is -0.403. The maximum atomic E-state index is 12.7. The van der Waals surface area contributed by atoms with E-state index in [2.05, 4.69) is 9.97 Å². The highest BCUT2D eigenvalue weighted by Gasteiger charge is 2.32. The normalized spacial score (nSPS) is 17.2. The molecule has 1 saturated heterocycles. The van der Waals surface area contributed by atoms with Crippen molar-refractivity contribution in [1.29, 1.82) is 0 Å². The number of nitrogens with one attached hydrogen (secondary N) is 1. The molecule has 0 unspecified atom stereocenters. The Morgan fingerprint density at radius 3 is 2.40 bits per heavy atom. The van der Waals surface area contributed by atoms with E-state index in [0.29, 0.717) is 6.20 Å². The molecule has 2 aromatic rings. The van der Waals surface area contributed by atoms with E-state index in [0.717, 1.165) is 12.3 Å². The summed E-state index contributed by atoms with van der Waals surface area (Å²) in [6, 6.07) is 2.25. The van der Waals surface area contributed by atoms with Crippen molar-refractivity contribution in [3.63, 3.8) is 0 Å². The highest BCUT2D eigenvalue weighted by molar-refractivity contribution is 7.88. The number of hydrogen-bond donors (Lipinski definition) is 1. The summed E-state index contributed by atoms with van der Waals surface area (Å²) in [6.07, 6.45) is -2.70. The lowest BCUT2D eigenvalue weighted by Gasteiger charge is -2.32. The number of alkyl halides is 3. The first kappa shape index (κ1) is 17.7. The zero-order chi connectivity index (χ0) is 18.4. The summed E-state index contributed by atoms with van der Waals surface area (Å²) >= 11 is 0. The summed E-state index contributed by atoms with van der Waals surface area (Å²) in [5, 5.41) is 0.188. The van der Waals surface area contributed by atoms with E-state index in [1.165, 1.54) is 15.3 Å². The number of H-pyrrole nitrogens is 1. The molecule has 1 aliphatic rings. The Bertz CT molecular complexity index is 915. The van der Waals surface area contributed by atoms with Crippen molar-refractivity contribution in [2.75, 3.05) is 32.4 Å². The van der Waals surface area contributed by atoms with Gasteiger partial charge < -0.3 is 9.88 Å². The van der Waals surface area contributed by atoms with Crippen LogP contribution in [0.1, 0.15) is 16.1 Å². The number of sulfonamides is 1. The number of carbonyl (C=O) groups excluding carboxylic acids is 1. The largest absolute Gasteiger partial charge is 0.417 e. The molecule has 0 atom stereocenters. The van der Waals surface area contributed by atoms with E-state index in [1.807, 2.05) is 0 Å². The minimum absolute atomic E-state index is 0.120. The fourth-order valence-corrected chi connectivity index (χ4v) is 3.51. The first-order valence-electron chi connectivity index (χ1n) is 7.36. The maximum absolute atomic E-state index is 12.7. The van der Waals surface area contributed by atoms with Crippen LogP contribution in [-0.4, -0.2) is 65.9 Å². The van der Waals surface area contributed by atoms with Gasteiger partial charge in [-0.2, -0.15) is 17.5 Å². The van der Waals surface area contributed by atoms with E-state index in [9.17, 15) is 26.4 Å². The van der Waals surface area contributed by atoms with Crippen LogP contribution in [0, 0.1) is 0 Å². The number of aromatic amines is 1. The van der Waals surface area contributed by atoms with E-state index in [-0.39, 0.29) is 42.9 Å². The van der Waals surface area contributed by atoms with Crippen molar-refractivity contribution in [2.45, 2.75) is 6.18 Å². The smallest absolute Gasteiger partial charge is 0.335 e. The molecule has 11 heteroatoms. The van der Waals surface area contributed by atoms with Crippen molar-refractivity contribution in [3.8, 4) is 0 Å². The first-order chi connectivity index (χ1) is 11.6. The van der Waals surface area contributed by atoms with Crippen molar-refractivity contribution in [2.24, 2.45) is 0 Å². The van der Waals surface area contributed by atoms with Gasteiger partial charge in [-0.3, -0.25) is 4.79 Å². The Labute approximate surface area is 141 Å². The van der Waals surface area contributed by atoms with Crippen LogP contribution in [0.15, 0.2) is 18.3 Å². The third-order valence-electron chi connectivity index (χ3n) is 4.02. The van der Waals surface area contributed by atoms with E-state index in [1.54, 1.807) is 0 Å². The van der Waals surface area contributed by atoms with Crippen LogP contribution in [0.5, 0.6) is 0 Å².